The van der Waals surface area contributed by atoms with E-state index in [2.05, 4.69) is 175 Å². The van der Waals surface area contributed by atoms with Crippen molar-refractivity contribution in [3.05, 3.63) is 187 Å². The Bertz CT molecular complexity index is 2950. The number of rotatable bonds is 5. The van der Waals surface area contributed by atoms with Gasteiger partial charge in [0.25, 0.3) is 0 Å². The molecule has 4 nitrogen and oxygen atoms in total. The maximum absolute atomic E-state index is 9.79. The lowest BCUT2D eigenvalue weighted by Crippen LogP contribution is -2.05. The number of hydrogen-bond donors (Lipinski definition) is 0. The first kappa shape index (κ1) is 31.5. The second-order valence-electron chi connectivity index (χ2n) is 14.1. The van der Waals surface area contributed by atoms with Gasteiger partial charge >= 0.3 is 0 Å². The quantitative estimate of drug-likeness (QED) is 0.180. The number of para-hydroxylation sites is 2. The van der Waals surface area contributed by atoms with Gasteiger partial charge in [-0.25, -0.2) is 0 Å². The van der Waals surface area contributed by atoms with Crippen LogP contribution < -0.4 is 0 Å². The molecule has 0 aliphatic rings. The van der Waals surface area contributed by atoms with Gasteiger partial charge in [0.2, 0.25) is 0 Å². The molecule has 0 fully saturated rings. The molecule has 3 aromatic heterocycles. The predicted molar refractivity (Wildman–Crippen MR) is 223 cm³/mol. The van der Waals surface area contributed by atoms with Crippen LogP contribution in [-0.4, -0.2) is 14.1 Å². The zero-order chi connectivity index (χ0) is 36.3. The summed E-state index contributed by atoms with van der Waals surface area (Å²) >= 11 is 0. The van der Waals surface area contributed by atoms with Gasteiger partial charge in [-0.1, -0.05) is 132 Å². The number of pyridine rings is 1. The number of aryl methyl sites for hydroxylation is 2. The number of hydrogen-bond acceptors (Lipinski definition) is 2. The second kappa shape index (κ2) is 12.5. The normalized spacial score (nSPS) is 11.5. The van der Waals surface area contributed by atoms with Crippen molar-refractivity contribution < 1.29 is 0 Å². The summed E-state index contributed by atoms with van der Waals surface area (Å²) in [5.74, 6) is 0. The third-order valence-corrected chi connectivity index (χ3v) is 10.7. The Balaban J connectivity index is 1.32. The molecule has 0 bridgehead atoms. The number of fused-ring (bicyclic) bond motifs is 6. The topological polar surface area (TPSA) is 46.5 Å². The van der Waals surface area contributed by atoms with Crippen LogP contribution in [0.4, 0.5) is 0 Å². The Morgan fingerprint density at radius 3 is 1.35 bits per heavy atom. The summed E-state index contributed by atoms with van der Waals surface area (Å²) in [4.78, 5) is 5.03. The lowest BCUT2D eigenvalue weighted by atomic mass is 10.00. The van der Waals surface area contributed by atoms with E-state index in [1.165, 1.54) is 43.8 Å². The molecule has 0 saturated heterocycles. The fourth-order valence-corrected chi connectivity index (χ4v) is 8.25. The zero-order valence-corrected chi connectivity index (χ0v) is 30.0. The molecule has 0 saturated carbocycles. The highest BCUT2D eigenvalue weighted by molar-refractivity contribution is 6.13. The standard InChI is InChI=1S/C50H34N4/c1-32-9-7-11-36(25-32)38-21-23-42-40-13-3-5-15-44(40)53(46(42)27-38)48-30-52-31-49(50(48)35-19-17-34(29-51)18-20-35)54-45-16-6-4-14-41(45)43-24-22-39(28-47(43)54)37-12-8-10-33(2)26-37/h3-28,30-31H,1-2H3. The highest BCUT2D eigenvalue weighted by Crippen LogP contribution is 2.43. The third-order valence-electron chi connectivity index (χ3n) is 10.7. The summed E-state index contributed by atoms with van der Waals surface area (Å²) < 4.78 is 4.75. The van der Waals surface area contributed by atoms with Gasteiger partial charge in [-0.2, -0.15) is 5.26 Å². The first-order chi connectivity index (χ1) is 26.6. The Morgan fingerprint density at radius 2 is 0.870 bits per heavy atom. The first-order valence-electron chi connectivity index (χ1n) is 18.3. The van der Waals surface area contributed by atoms with Crippen LogP contribution in [0.25, 0.3) is 88.4 Å². The van der Waals surface area contributed by atoms with E-state index < -0.39 is 0 Å². The number of benzene rings is 7. The van der Waals surface area contributed by atoms with Gasteiger partial charge in [0.15, 0.2) is 0 Å². The molecular weight excluding hydrogens is 657 g/mol. The molecular formula is C50H34N4. The Labute approximate surface area is 313 Å². The predicted octanol–water partition coefficient (Wildman–Crippen LogP) is 12.8. The Morgan fingerprint density at radius 1 is 0.426 bits per heavy atom. The Hall–Kier alpha value is -7.22. The van der Waals surface area contributed by atoms with Gasteiger partial charge in [-0.05, 0) is 78.1 Å². The number of nitrogens with zero attached hydrogens (tertiary/aromatic N) is 4. The van der Waals surface area contributed by atoms with Crippen molar-refractivity contribution in [2.45, 2.75) is 13.8 Å². The highest BCUT2D eigenvalue weighted by atomic mass is 15.0. The average Bonchev–Trinajstić information content (AvgIpc) is 3.72. The minimum absolute atomic E-state index is 0.621. The van der Waals surface area contributed by atoms with Gasteiger partial charge in [0, 0.05) is 27.1 Å². The second-order valence-corrected chi connectivity index (χ2v) is 14.1. The minimum atomic E-state index is 0.621. The highest BCUT2D eigenvalue weighted by Gasteiger charge is 2.23. The Kier molecular flexibility index (Phi) is 7.28. The molecule has 0 amide bonds. The van der Waals surface area contributed by atoms with Crippen molar-refractivity contribution in [1.82, 2.24) is 14.1 Å². The molecule has 0 atom stereocenters. The number of aromatic nitrogens is 3. The summed E-state index contributed by atoms with van der Waals surface area (Å²) in [6.07, 6.45) is 3.99. The minimum Gasteiger partial charge on any atom is -0.307 e. The van der Waals surface area contributed by atoms with E-state index in [0.717, 1.165) is 55.7 Å². The van der Waals surface area contributed by atoms with Crippen LogP contribution in [0, 0.1) is 25.2 Å². The molecule has 0 spiro atoms. The molecule has 3 heterocycles. The maximum atomic E-state index is 9.79. The molecule has 0 aliphatic carbocycles. The van der Waals surface area contributed by atoms with Crippen molar-refractivity contribution in [3.8, 4) is 50.8 Å². The van der Waals surface area contributed by atoms with Crippen LogP contribution in [0.5, 0.6) is 0 Å². The molecule has 254 valence electrons. The van der Waals surface area contributed by atoms with E-state index in [0.29, 0.717) is 5.56 Å². The number of nitriles is 1. The van der Waals surface area contributed by atoms with E-state index in [-0.39, 0.29) is 0 Å². The van der Waals surface area contributed by atoms with Gasteiger partial charge in [0.1, 0.15) is 0 Å². The van der Waals surface area contributed by atoms with Crippen LogP contribution in [0.3, 0.4) is 0 Å². The van der Waals surface area contributed by atoms with Gasteiger partial charge < -0.3 is 9.13 Å². The fraction of sp³-hybridized carbons (Fsp3) is 0.0400. The van der Waals surface area contributed by atoms with E-state index in [1.807, 2.05) is 24.5 Å². The average molecular weight is 691 g/mol. The third kappa shape index (κ3) is 5.02. The van der Waals surface area contributed by atoms with E-state index >= 15 is 0 Å². The largest absolute Gasteiger partial charge is 0.307 e. The molecule has 54 heavy (non-hydrogen) atoms. The summed E-state index contributed by atoms with van der Waals surface area (Å²) in [5.41, 5.74) is 16.1. The van der Waals surface area contributed by atoms with Crippen molar-refractivity contribution in [3.63, 3.8) is 0 Å². The SMILES string of the molecule is Cc1cccc(-c2ccc3c4ccccc4n(-c4cncc(-n5c6ccccc6c6ccc(-c7cccc(C)c7)cc65)c4-c4ccc(C#N)cc4)c3c2)c1. The fourth-order valence-electron chi connectivity index (χ4n) is 8.25. The van der Waals surface area contributed by atoms with Crippen LogP contribution in [0.1, 0.15) is 16.7 Å². The molecule has 7 aromatic carbocycles. The maximum Gasteiger partial charge on any atom is 0.0991 e. The lowest BCUT2D eigenvalue weighted by Gasteiger charge is -2.20. The van der Waals surface area contributed by atoms with Gasteiger partial charge in [-0.15, -0.1) is 0 Å². The summed E-state index contributed by atoms with van der Waals surface area (Å²) in [5, 5.41) is 14.5. The molecule has 4 heteroatoms. The first-order valence-corrected chi connectivity index (χ1v) is 18.3. The van der Waals surface area contributed by atoms with Gasteiger partial charge in [0.05, 0.1) is 57.5 Å². The van der Waals surface area contributed by atoms with Crippen molar-refractivity contribution >= 4 is 43.6 Å². The van der Waals surface area contributed by atoms with Crippen LogP contribution in [0.2, 0.25) is 0 Å². The summed E-state index contributed by atoms with van der Waals surface area (Å²) in [7, 11) is 0. The molecule has 10 rings (SSSR count). The van der Waals surface area contributed by atoms with Crippen LogP contribution >= 0.6 is 0 Å². The molecule has 0 unspecified atom stereocenters. The van der Waals surface area contributed by atoms with Crippen LogP contribution in [-0.2, 0) is 0 Å². The molecule has 10 aromatic rings. The monoisotopic (exact) mass is 690 g/mol. The van der Waals surface area contributed by atoms with Crippen LogP contribution in [0.15, 0.2) is 170 Å². The van der Waals surface area contributed by atoms with E-state index in [4.69, 9.17) is 4.98 Å². The van der Waals surface area contributed by atoms with Crippen molar-refractivity contribution in [1.29, 1.82) is 5.26 Å². The molecule has 0 N–H and O–H groups in total. The van der Waals surface area contributed by atoms with E-state index in [1.54, 1.807) is 0 Å². The summed E-state index contributed by atoms with van der Waals surface area (Å²) in [6, 6.07) is 58.5. The van der Waals surface area contributed by atoms with Gasteiger partial charge in [-0.3, -0.25) is 4.98 Å². The smallest absolute Gasteiger partial charge is 0.0991 e. The summed E-state index contributed by atoms with van der Waals surface area (Å²) in [6.45, 7) is 4.27. The lowest BCUT2D eigenvalue weighted by molar-refractivity contribution is 1.09. The van der Waals surface area contributed by atoms with Crippen molar-refractivity contribution in [2.24, 2.45) is 0 Å². The van der Waals surface area contributed by atoms with E-state index in [9.17, 15) is 5.26 Å². The molecule has 0 aliphatic heterocycles. The zero-order valence-electron chi connectivity index (χ0n) is 30.0. The molecule has 0 radical (unpaired) electrons. The van der Waals surface area contributed by atoms with Crippen molar-refractivity contribution in [2.75, 3.05) is 0 Å².